The number of amides is 1. The van der Waals surface area contributed by atoms with E-state index in [0.29, 0.717) is 25.2 Å². The lowest BCUT2D eigenvalue weighted by atomic mass is 10.2. The van der Waals surface area contributed by atoms with Crippen molar-refractivity contribution in [3.8, 4) is 0 Å². The monoisotopic (exact) mass is 240 g/mol. The molecule has 1 saturated heterocycles. The zero-order chi connectivity index (χ0) is 12.1. The molecule has 1 heterocycles. The normalized spacial score (nSPS) is 27.2. The molecule has 1 atom stereocenters. The van der Waals surface area contributed by atoms with Gasteiger partial charge in [-0.1, -0.05) is 12.8 Å². The number of nitrogens with two attached hydrogens (primary N) is 1. The fourth-order valence-electron chi connectivity index (χ4n) is 2.77. The van der Waals surface area contributed by atoms with Crippen LogP contribution in [0.1, 0.15) is 25.7 Å². The Morgan fingerprint density at radius 3 is 2.88 bits per heavy atom. The standard InChI is InChI=1S/C12H24N4O/c13-7-11-8-14-5-6-16(11)9-12(17)15-10-3-1-2-4-10/h10-11,14H,1-9,13H2,(H,15,17). The van der Waals surface area contributed by atoms with Gasteiger partial charge in [0.15, 0.2) is 0 Å². The highest BCUT2D eigenvalue weighted by Gasteiger charge is 2.24. The summed E-state index contributed by atoms with van der Waals surface area (Å²) in [6.07, 6.45) is 4.80. The highest BCUT2D eigenvalue weighted by Crippen LogP contribution is 2.17. The molecular weight excluding hydrogens is 216 g/mol. The molecule has 1 amide bonds. The zero-order valence-corrected chi connectivity index (χ0v) is 10.5. The molecule has 4 N–H and O–H groups in total. The van der Waals surface area contributed by atoms with Crippen LogP contribution in [-0.2, 0) is 4.79 Å². The van der Waals surface area contributed by atoms with E-state index in [0.717, 1.165) is 32.5 Å². The minimum absolute atomic E-state index is 0.164. The van der Waals surface area contributed by atoms with Crippen LogP contribution in [-0.4, -0.2) is 55.6 Å². The molecule has 0 aromatic heterocycles. The SMILES string of the molecule is NCC1CNCCN1CC(=O)NC1CCCC1. The van der Waals surface area contributed by atoms with Crippen LogP contribution in [0.25, 0.3) is 0 Å². The van der Waals surface area contributed by atoms with E-state index in [1.54, 1.807) is 0 Å². The topological polar surface area (TPSA) is 70.4 Å². The minimum atomic E-state index is 0.164. The molecule has 0 aromatic rings. The molecule has 98 valence electrons. The van der Waals surface area contributed by atoms with Gasteiger partial charge in [0, 0.05) is 38.3 Å². The predicted octanol–water partition coefficient (Wildman–Crippen LogP) is -0.722. The van der Waals surface area contributed by atoms with Crippen LogP contribution in [0.5, 0.6) is 0 Å². The first kappa shape index (κ1) is 12.8. The van der Waals surface area contributed by atoms with Gasteiger partial charge in [0.1, 0.15) is 0 Å². The smallest absolute Gasteiger partial charge is 0.234 e. The molecule has 2 rings (SSSR count). The number of hydrogen-bond donors (Lipinski definition) is 3. The summed E-state index contributed by atoms with van der Waals surface area (Å²) in [7, 11) is 0. The van der Waals surface area contributed by atoms with Crippen molar-refractivity contribution >= 4 is 5.91 Å². The van der Waals surface area contributed by atoms with Gasteiger partial charge in [0.25, 0.3) is 0 Å². The van der Waals surface area contributed by atoms with E-state index in [2.05, 4.69) is 15.5 Å². The van der Waals surface area contributed by atoms with E-state index in [1.807, 2.05) is 0 Å². The van der Waals surface area contributed by atoms with Gasteiger partial charge in [-0.15, -0.1) is 0 Å². The Hall–Kier alpha value is -0.650. The number of piperazine rings is 1. The first-order chi connectivity index (χ1) is 8.29. The summed E-state index contributed by atoms with van der Waals surface area (Å²) in [4.78, 5) is 14.1. The number of rotatable bonds is 4. The van der Waals surface area contributed by atoms with Gasteiger partial charge in [-0.05, 0) is 12.8 Å². The molecule has 1 saturated carbocycles. The quantitative estimate of drug-likeness (QED) is 0.606. The molecule has 2 fully saturated rings. The van der Waals surface area contributed by atoms with Crippen LogP contribution in [0, 0.1) is 0 Å². The van der Waals surface area contributed by atoms with Crippen molar-refractivity contribution < 1.29 is 4.79 Å². The lowest BCUT2D eigenvalue weighted by molar-refractivity contribution is -0.123. The van der Waals surface area contributed by atoms with Crippen LogP contribution in [0.15, 0.2) is 0 Å². The summed E-state index contributed by atoms with van der Waals surface area (Å²) in [5.74, 6) is 0.164. The number of carbonyl (C=O) groups is 1. The lowest BCUT2D eigenvalue weighted by Gasteiger charge is -2.35. The number of carbonyl (C=O) groups excluding carboxylic acids is 1. The predicted molar refractivity (Wildman–Crippen MR) is 67.7 cm³/mol. The van der Waals surface area contributed by atoms with Crippen LogP contribution < -0.4 is 16.4 Å². The highest BCUT2D eigenvalue weighted by molar-refractivity contribution is 5.78. The summed E-state index contributed by atoms with van der Waals surface area (Å²) < 4.78 is 0. The van der Waals surface area contributed by atoms with E-state index in [9.17, 15) is 4.79 Å². The summed E-state index contributed by atoms with van der Waals surface area (Å²) in [5.41, 5.74) is 5.72. The molecule has 0 spiro atoms. The number of nitrogens with zero attached hydrogens (tertiary/aromatic N) is 1. The van der Waals surface area contributed by atoms with Crippen LogP contribution in [0.2, 0.25) is 0 Å². The van der Waals surface area contributed by atoms with Crippen molar-refractivity contribution in [3.05, 3.63) is 0 Å². The van der Waals surface area contributed by atoms with Crippen molar-refractivity contribution in [2.75, 3.05) is 32.7 Å². The Morgan fingerprint density at radius 2 is 2.18 bits per heavy atom. The summed E-state index contributed by atoms with van der Waals surface area (Å²) in [6, 6.07) is 0.722. The average molecular weight is 240 g/mol. The molecule has 0 aromatic carbocycles. The summed E-state index contributed by atoms with van der Waals surface area (Å²) in [6.45, 7) is 3.88. The van der Waals surface area contributed by atoms with Gasteiger partial charge >= 0.3 is 0 Å². The summed E-state index contributed by atoms with van der Waals surface area (Å²) in [5, 5.41) is 6.44. The van der Waals surface area contributed by atoms with E-state index < -0.39 is 0 Å². The number of hydrogen-bond acceptors (Lipinski definition) is 4. The van der Waals surface area contributed by atoms with Crippen molar-refractivity contribution in [3.63, 3.8) is 0 Å². The molecule has 1 aliphatic carbocycles. The van der Waals surface area contributed by atoms with E-state index >= 15 is 0 Å². The molecule has 0 radical (unpaired) electrons. The van der Waals surface area contributed by atoms with Gasteiger partial charge in [-0.25, -0.2) is 0 Å². The van der Waals surface area contributed by atoms with Crippen LogP contribution >= 0.6 is 0 Å². The summed E-state index contributed by atoms with van der Waals surface area (Å²) >= 11 is 0. The maximum absolute atomic E-state index is 11.9. The van der Waals surface area contributed by atoms with Gasteiger partial charge < -0.3 is 16.4 Å². The van der Waals surface area contributed by atoms with Gasteiger partial charge in [-0.2, -0.15) is 0 Å². The van der Waals surface area contributed by atoms with Crippen molar-refractivity contribution in [2.45, 2.75) is 37.8 Å². The Bertz CT molecular complexity index is 253. The molecule has 5 heteroatoms. The zero-order valence-electron chi connectivity index (χ0n) is 10.5. The maximum Gasteiger partial charge on any atom is 0.234 e. The second kappa shape index (κ2) is 6.33. The van der Waals surface area contributed by atoms with Crippen molar-refractivity contribution in [2.24, 2.45) is 5.73 Å². The van der Waals surface area contributed by atoms with E-state index in [1.165, 1.54) is 12.8 Å². The number of nitrogens with one attached hydrogen (secondary N) is 2. The Balaban J connectivity index is 1.75. The van der Waals surface area contributed by atoms with Crippen LogP contribution in [0.3, 0.4) is 0 Å². The molecule has 5 nitrogen and oxygen atoms in total. The molecular formula is C12H24N4O. The molecule has 2 aliphatic rings. The maximum atomic E-state index is 11.9. The Labute approximate surface area is 103 Å². The molecule has 17 heavy (non-hydrogen) atoms. The van der Waals surface area contributed by atoms with E-state index in [4.69, 9.17) is 5.73 Å². The Kier molecular flexibility index (Phi) is 4.76. The average Bonchev–Trinajstić information content (AvgIpc) is 2.82. The largest absolute Gasteiger partial charge is 0.352 e. The third kappa shape index (κ3) is 3.66. The molecule has 1 aliphatic heterocycles. The van der Waals surface area contributed by atoms with Gasteiger partial charge in [0.2, 0.25) is 5.91 Å². The van der Waals surface area contributed by atoms with Gasteiger partial charge in [-0.3, -0.25) is 9.69 Å². The van der Waals surface area contributed by atoms with E-state index in [-0.39, 0.29) is 5.91 Å². The lowest BCUT2D eigenvalue weighted by Crippen LogP contribution is -2.57. The van der Waals surface area contributed by atoms with Crippen LogP contribution in [0.4, 0.5) is 0 Å². The first-order valence-corrected chi connectivity index (χ1v) is 6.74. The molecule has 1 unspecified atom stereocenters. The third-order valence-corrected chi connectivity index (χ3v) is 3.81. The van der Waals surface area contributed by atoms with Crippen molar-refractivity contribution in [1.29, 1.82) is 0 Å². The minimum Gasteiger partial charge on any atom is -0.352 e. The third-order valence-electron chi connectivity index (χ3n) is 3.81. The second-order valence-electron chi connectivity index (χ2n) is 5.11. The Morgan fingerprint density at radius 1 is 1.41 bits per heavy atom. The van der Waals surface area contributed by atoms with Gasteiger partial charge in [0.05, 0.1) is 6.54 Å². The first-order valence-electron chi connectivity index (χ1n) is 6.74. The fraction of sp³-hybridized carbons (Fsp3) is 0.917. The van der Waals surface area contributed by atoms with Crippen molar-refractivity contribution in [1.82, 2.24) is 15.5 Å². The fourth-order valence-corrected chi connectivity index (χ4v) is 2.77. The second-order valence-corrected chi connectivity index (χ2v) is 5.11. The molecule has 0 bridgehead atoms. The highest BCUT2D eigenvalue weighted by atomic mass is 16.2.